The minimum Gasteiger partial charge on any atom is -0.497 e. The lowest BCUT2D eigenvalue weighted by Gasteiger charge is -2.09. The van der Waals surface area contributed by atoms with Gasteiger partial charge in [-0.25, -0.2) is 0 Å². The molecule has 0 aromatic heterocycles. The van der Waals surface area contributed by atoms with E-state index in [0.29, 0.717) is 30.2 Å². The van der Waals surface area contributed by atoms with Gasteiger partial charge >= 0.3 is 0 Å². The summed E-state index contributed by atoms with van der Waals surface area (Å²) in [5, 5.41) is 5.43. The van der Waals surface area contributed by atoms with Crippen LogP contribution < -0.4 is 20.1 Å². The number of carbonyl (C=O) groups excluding carboxylic acids is 2. The predicted octanol–water partition coefficient (Wildman–Crippen LogP) is 2.46. The summed E-state index contributed by atoms with van der Waals surface area (Å²) < 4.78 is 10.6. The first kappa shape index (κ1) is 17.3. The Labute approximate surface area is 140 Å². The maximum absolute atomic E-state index is 12.0. The number of benzene rings is 2. The third-order valence-electron chi connectivity index (χ3n) is 3.18. The molecule has 0 heterocycles. The van der Waals surface area contributed by atoms with E-state index in [4.69, 9.17) is 9.47 Å². The van der Waals surface area contributed by atoms with Crippen LogP contribution in [0.5, 0.6) is 11.5 Å². The predicted molar refractivity (Wildman–Crippen MR) is 91.6 cm³/mol. The van der Waals surface area contributed by atoms with Crippen molar-refractivity contribution in [1.29, 1.82) is 0 Å². The smallest absolute Gasteiger partial charge is 0.251 e. The molecule has 0 fully saturated rings. The monoisotopic (exact) mass is 328 g/mol. The lowest BCUT2D eigenvalue weighted by Crippen LogP contribution is -2.28. The van der Waals surface area contributed by atoms with Crippen LogP contribution in [-0.4, -0.2) is 32.1 Å². The van der Waals surface area contributed by atoms with E-state index >= 15 is 0 Å². The van der Waals surface area contributed by atoms with E-state index in [1.165, 1.54) is 6.92 Å². The minimum atomic E-state index is -0.192. The Kier molecular flexibility index (Phi) is 6.19. The van der Waals surface area contributed by atoms with Crippen LogP contribution in [0.1, 0.15) is 17.3 Å². The van der Waals surface area contributed by atoms with Gasteiger partial charge in [-0.1, -0.05) is 0 Å². The summed E-state index contributed by atoms with van der Waals surface area (Å²) in [5.74, 6) is 1.13. The van der Waals surface area contributed by atoms with Gasteiger partial charge in [-0.2, -0.15) is 0 Å². The normalized spacial score (nSPS) is 9.92. The molecular formula is C18H20N2O4. The van der Waals surface area contributed by atoms with Crippen molar-refractivity contribution in [3.05, 3.63) is 54.1 Å². The van der Waals surface area contributed by atoms with Crippen LogP contribution in [0.15, 0.2) is 48.5 Å². The average molecular weight is 328 g/mol. The first-order valence-electron chi connectivity index (χ1n) is 7.51. The zero-order valence-electron chi connectivity index (χ0n) is 13.7. The molecule has 0 saturated heterocycles. The molecule has 6 nitrogen and oxygen atoms in total. The van der Waals surface area contributed by atoms with Crippen molar-refractivity contribution >= 4 is 17.5 Å². The average Bonchev–Trinajstić information content (AvgIpc) is 2.59. The summed E-state index contributed by atoms with van der Waals surface area (Å²) in [6, 6.07) is 13.9. The molecular weight excluding hydrogens is 308 g/mol. The van der Waals surface area contributed by atoms with Gasteiger partial charge in [-0.3, -0.25) is 9.59 Å². The second-order valence-corrected chi connectivity index (χ2v) is 5.04. The molecule has 0 aliphatic carbocycles. The zero-order valence-corrected chi connectivity index (χ0v) is 13.7. The maximum atomic E-state index is 12.0. The number of rotatable bonds is 7. The number of carbonyl (C=O) groups is 2. The Bertz CT molecular complexity index is 681. The van der Waals surface area contributed by atoms with Crippen molar-refractivity contribution in [2.45, 2.75) is 6.92 Å². The molecule has 0 atom stereocenters. The molecule has 2 aromatic carbocycles. The zero-order chi connectivity index (χ0) is 17.4. The highest BCUT2D eigenvalue weighted by molar-refractivity contribution is 5.95. The van der Waals surface area contributed by atoms with Gasteiger partial charge in [0.25, 0.3) is 5.91 Å². The van der Waals surface area contributed by atoms with Crippen molar-refractivity contribution in [2.24, 2.45) is 0 Å². The highest BCUT2D eigenvalue weighted by atomic mass is 16.5. The van der Waals surface area contributed by atoms with Crippen LogP contribution in [0.2, 0.25) is 0 Å². The Morgan fingerprint density at radius 3 is 2.17 bits per heavy atom. The second kappa shape index (κ2) is 8.57. The fraction of sp³-hybridized carbons (Fsp3) is 0.222. The van der Waals surface area contributed by atoms with Crippen molar-refractivity contribution in [3.8, 4) is 11.5 Å². The van der Waals surface area contributed by atoms with E-state index in [9.17, 15) is 9.59 Å². The molecule has 0 bridgehead atoms. The maximum Gasteiger partial charge on any atom is 0.251 e. The van der Waals surface area contributed by atoms with E-state index in [-0.39, 0.29) is 11.8 Å². The van der Waals surface area contributed by atoms with Crippen LogP contribution in [0, 0.1) is 0 Å². The summed E-state index contributed by atoms with van der Waals surface area (Å²) in [7, 11) is 1.61. The highest BCUT2D eigenvalue weighted by Crippen LogP contribution is 2.16. The molecule has 2 aromatic rings. The Morgan fingerprint density at radius 1 is 0.958 bits per heavy atom. The largest absolute Gasteiger partial charge is 0.497 e. The molecule has 0 spiro atoms. The molecule has 0 aliphatic rings. The molecule has 0 radical (unpaired) electrons. The number of amides is 2. The molecule has 0 saturated carbocycles. The number of anilines is 1. The molecule has 2 amide bonds. The minimum absolute atomic E-state index is 0.150. The number of methoxy groups -OCH3 is 1. The van der Waals surface area contributed by atoms with Gasteiger partial charge in [0.05, 0.1) is 13.7 Å². The Hall–Kier alpha value is -3.02. The topological polar surface area (TPSA) is 76.7 Å². The van der Waals surface area contributed by atoms with E-state index < -0.39 is 0 Å². The van der Waals surface area contributed by atoms with E-state index in [1.54, 1.807) is 43.5 Å². The summed E-state index contributed by atoms with van der Waals surface area (Å²) >= 11 is 0. The van der Waals surface area contributed by atoms with Gasteiger partial charge in [-0.15, -0.1) is 0 Å². The van der Waals surface area contributed by atoms with E-state index in [2.05, 4.69) is 10.6 Å². The molecule has 2 rings (SSSR count). The van der Waals surface area contributed by atoms with Crippen molar-refractivity contribution in [3.63, 3.8) is 0 Å². The number of hydrogen-bond donors (Lipinski definition) is 2. The lowest BCUT2D eigenvalue weighted by atomic mass is 10.2. The van der Waals surface area contributed by atoms with Crippen molar-refractivity contribution in [1.82, 2.24) is 5.32 Å². The fourth-order valence-corrected chi connectivity index (χ4v) is 2.02. The highest BCUT2D eigenvalue weighted by Gasteiger charge is 2.05. The SMILES string of the molecule is COc1ccc(OCCNC(=O)c2ccc(NC(C)=O)cc2)cc1. The molecule has 2 N–H and O–H groups in total. The van der Waals surface area contributed by atoms with Crippen LogP contribution in [-0.2, 0) is 4.79 Å². The van der Waals surface area contributed by atoms with Gasteiger partial charge in [0.15, 0.2) is 0 Å². The van der Waals surface area contributed by atoms with Gasteiger partial charge in [0, 0.05) is 18.2 Å². The molecule has 0 unspecified atom stereocenters. The van der Waals surface area contributed by atoms with Gasteiger partial charge in [0.1, 0.15) is 18.1 Å². The lowest BCUT2D eigenvalue weighted by molar-refractivity contribution is -0.114. The van der Waals surface area contributed by atoms with Crippen molar-refractivity contribution in [2.75, 3.05) is 25.6 Å². The van der Waals surface area contributed by atoms with Crippen molar-refractivity contribution < 1.29 is 19.1 Å². The van der Waals surface area contributed by atoms with Crippen LogP contribution in [0.3, 0.4) is 0 Å². The standard InChI is InChI=1S/C18H20N2O4/c1-13(21)20-15-5-3-14(4-6-15)18(22)19-11-12-24-17-9-7-16(23-2)8-10-17/h3-10H,11-12H2,1-2H3,(H,19,22)(H,20,21). The summed E-state index contributed by atoms with van der Waals surface area (Å²) in [6.45, 7) is 2.18. The van der Waals surface area contributed by atoms with Gasteiger partial charge in [0.2, 0.25) is 5.91 Å². The quantitative estimate of drug-likeness (QED) is 0.766. The van der Waals surface area contributed by atoms with Crippen LogP contribution >= 0.6 is 0 Å². The fourth-order valence-electron chi connectivity index (χ4n) is 2.02. The summed E-state index contributed by atoms with van der Waals surface area (Å²) in [4.78, 5) is 23.0. The van der Waals surface area contributed by atoms with Crippen LogP contribution in [0.25, 0.3) is 0 Å². The molecule has 126 valence electrons. The van der Waals surface area contributed by atoms with Crippen LogP contribution in [0.4, 0.5) is 5.69 Å². The van der Waals surface area contributed by atoms with E-state index in [1.807, 2.05) is 12.1 Å². The van der Waals surface area contributed by atoms with Gasteiger partial charge < -0.3 is 20.1 Å². The number of ether oxygens (including phenoxy) is 2. The molecule has 24 heavy (non-hydrogen) atoms. The number of nitrogens with one attached hydrogen (secondary N) is 2. The summed E-state index contributed by atoms with van der Waals surface area (Å²) in [6.07, 6.45) is 0. The summed E-state index contributed by atoms with van der Waals surface area (Å²) in [5.41, 5.74) is 1.18. The third kappa shape index (κ3) is 5.31. The first-order valence-corrected chi connectivity index (χ1v) is 7.51. The molecule has 6 heteroatoms. The third-order valence-corrected chi connectivity index (χ3v) is 3.18. The first-order chi connectivity index (χ1) is 11.6. The van der Waals surface area contributed by atoms with E-state index in [0.717, 1.165) is 5.75 Å². The second-order valence-electron chi connectivity index (χ2n) is 5.04. The van der Waals surface area contributed by atoms with Gasteiger partial charge in [-0.05, 0) is 48.5 Å². The molecule has 0 aliphatic heterocycles. The number of hydrogen-bond acceptors (Lipinski definition) is 4. The Balaban J connectivity index is 1.75. The Morgan fingerprint density at radius 2 is 1.58 bits per heavy atom.